The molecule has 4 aromatic rings. The molecule has 0 aliphatic carbocycles. The van der Waals surface area contributed by atoms with E-state index in [-0.39, 0.29) is 30.0 Å². The largest absolute Gasteiger partial charge is 0.489 e. The van der Waals surface area contributed by atoms with Gasteiger partial charge in [-0.05, 0) is 47.4 Å². The fourth-order valence-corrected chi connectivity index (χ4v) is 4.62. The molecule has 1 amide bonds. The zero-order chi connectivity index (χ0) is 25.9. The van der Waals surface area contributed by atoms with Gasteiger partial charge in [0.15, 0.2) is 11.6 Å². The molecule has 9 heteroatoms. The summed E-state index contributed by atoms with van der Waals surface area (Å²) < 4.78 is 39.3. The molecule has 1 fully saturated rings. The third-order valence-electron chi connectivity index (χ3n) is 6.37. The summed E-state index contributed by atoms with van der Waals surface area (Å²) in [6.45, 7) is 0.897. The molecule has 1 aromatic heterocycles. The van der Waals surface area contributed by atoms with Crippen LogP contribution in [0.4, 0.5) is 8.78 Å². The van der Waals surface area contributed by atoms with Gasteiger partial charge in [0.25, 0.3) is 0 Å². The summed E-state index contributed by atoms with van der Waals surface area (Å²) in [6.07, 6.45) is 1.90. The second-order valence-corrected chi connectivity index (χ2v) is 8.91. The van der Waals surface area contributed by atoms with Gasteiger partial charge in [-0.3, -0.25) is 14.5 Å². The topological polar surface area (TPSA) is 92.0 Å². The average molecular weight is 507 g/mol. The molecule has 7 nitrogen and oxygen atoms in total. The van der Waals surface area contributed by atoms with E-state index in [2.05, 4.69) is 5.32 Å². The SMILES string of the molecule is O=C(O)CN(Cc1cccc(COc2ccc(-c3cc(F)c(F)c4ccoc34)cc2)c1)C1CCNC1=O. The summed E-state index contributed by atoms with van der Waals surface area (Å²) in [6, 6.07) is 16.6. The smallest absolute Gasteiger partial charge is 0.317 e. The number of carboxylic acids is 1. The normalized spacial score (nSPS) is 15.3. The number of benzene rings is 3. The maximum Gasteiger partial charge on any atom is 0.317 e. The number of hydrogen-bond acceptors (Lipinski definition) is 5. The maximum absolute atomic E-state index is 14.0. The van der Waals surface area contributed by atoms with Crippen LogP contribution in [-0.2, 0) is 22.7 Å². The molecule has 1 aliphatic rings. The number of ether oxygens (including phenoxy) is 1. The van der Waals surface area contributed by atoms with Gasteiger partial charge in [0.2, 0.25) is 5.91 Å². The second-order valence-electron chi connectivity index (χ2n) is 8.91. The Kier molecular flexibility index (Phi) is 6.87. The number of carbonyl (C=O) groups excluding carboxylic acids is 1. The highest BCUT2D eigenvalue weighted by atomic mass is 19.2. The summed E-state index contributed by atoms with van der Waals surface area (Å²) in [5.74, 6) is -2.44. The predicted octanol–water partition coefficient (Wildman–Crippen LogP) is 4.73. The molecule has 3 aromatic carbocycles. The van der Waals surface area contributed by atoms with Gasteiger partial charge >= 0.3 is 5.97 Å². The van der Waals surface area contributed by atoms with Gasteiger partial charge in [-0.2, -0.15) is 0 Å². The first-order valence-electron chi connectivity index (χ1n) is 11.8. The van der Waals surface area contributed by atoms with Crippen molar-refractivity contribution >= 4 is 22.8 Å². The standard InChI is InChI=1S/C28H24F2N2O5/c29-23-13-22(27-21(26(23)30)9-11-36-27)19-4-6-20(7-5-19)37-16-18-3-1-2-17(12-18)14-32(15-25(33)34)24-8-10-31-28(24)35/h1-7,9,11-13,24H,8,10,14-16H2,(H,31,35)(H,33,34). The molecule has 5 rings (SSSR count). The Labute approximate surface area is 211 Å². The monoisotopic (exact) mass is 506 g/mol. The molecule has 0 spiro atoms. The van der Waals surface area contributed by atoms with Crippen LogP contribution in [0, 0.1) is 11.6 Å². The van der Waals surface area contributed by atoms with Crippen molar-refractivity contribution in [3.05, 3.63) is 89.7 Å². The Bertz CT molecular complexity index is 1450. The Morgan fingerprint density at radius 1 is 1.11 bits per heavy atom. The molecule has 190 valence electrons. The van der Waals surface area contributed by atoms with E-state index < -0.39 is 23.6 Å². The van der Waals surface area contributed by atoms with Crippen molar-refractivity contribution in [1.29, 1.82) is 0 Å². The third-order valence-corrected chi connectivity index (χ3v) is 6.37. The third kappa shape index (κ3) is 5.31. The lowest BCUT2D eigenvalue weighted by atomic mass is 10.0. The van der Waals surface area contributed by atoms with Crippen LogP contribution in [0.5, 0.6) is 5.75 Å². The van der Waals surface area contributed by atoms with Crippen molar-refractivity contribution in [3.8, 4) is 16.9 Å². The van der Waals surface area contributed by atoms with Crippen molar-refractivity contribution in [2.24, 2.45) is 0 Å². The molecule has 1 saturated heterocycles. The molecule has 2 N–H and O–H groups in total. The lowest BCUT2D eigenvalue weighted by Gasteiger charge is -2.25. The summed E-state index contributed by atoms with van der Waals surface area (Å²) in [7, 11) is 0. The van der Waals surface area contributed by atoms with E-state index in [1.807, 2.05) is 24.3 Å². The van der Waals surface area contributed by atoms with Crippen LogP contribution in [0.25, 0.3) is 22.1 Å². The zero-order valence-electron chi connectivity index (χ0n) is 19.7. The van der Waals surface area contributed by atoms with E-state index in [9.17, 15) is 23.5 Å². The number of nitrogens with one attached hydrogen (secondary N) is 1. The van der Waals surface area contributed by atoms with Crippen LogP contribution in [-0.4, -0.2) is 41.0 Å². The zero-order valence-corrected chi connectivity index (χ0v) is 19.7. The Balaban J connectivity index is 1.26. The van der Waals surface area contributed by atoms with Crippen LogP contribution < -0.4 is 10.1 Å². The molecule has 2 heterocycles. The van der Waals surface area contributed by atoms with Crippen LogP contribution in [0.15, 0.2) is 71.3 Å². The van der Waals surface area contributed by atoms with Gasteiger partial charge in [-0.25, -0.2) is 8.78 Å². The molecule has 1 aliphatic heterocycles. The van der Waals surface area contributed by atoms with E-state index in [0.717, 1.165) is 17.2 Å². The molecule has 37 heavy (non-hydrogen) atoms. The van der Waals surface area contributed by atoms with E-state index in [1.54, 1.807) is 29.2 Å². The minimum atomic E-state index is -0.987. The summed E-state index contributed by atoms with van der Waals surface area (Å²) in [5.41, 5.74) is 3.13. The lowest BCUT2D eigenvalue weighted by Crippen LogP contribution is -2.42. The number of rotatable bonds is 9. The molecular weight excluding hydrogens is 482 g/mol. The summed E-state index contributed by atoms with van der Waals surface area (Å²) in [5, 5.41) is 12.1. The van der Waals surface area contributed by atoms with E-state index >= 15 is 0 Å². The van der Waals surface area contributed by atoms with Gasteiger partial charge < -0.3 is 19.6 Å². The van der Waals surface area contributed by atoms with Crippen molar-refractivity contribution in [1.82, 2.24) is 10.2 Å². The van der Waals surface area contributed by atoms with Gasteiger partial charge in [0, 0.05) is 18.7 Å². The molecular formula is C28H24F2N2O5. The van der Waals surface area contributed by atoms with Crippen LogP contribution >= 0.6 is 0 Å². The number of hydrogen-bond donors (Lipinski definition) is 2. The fourth-order valence-electron chi connectivity index (χ4n) is 4.62. The van der Waals surface area contributed by atoms with Crippen LogP contribution in [0.2, 0.25) is 0 Å². The highest BCUT2D eigenvalue weighted by molar-refractivity contribution is 5.93. The predicted molar refractivity (Wildman–Crippen MR) is 132 cm³/mol. The Morgan fingerprint density at radius 3 is 2.62 bits per heavy atom. The second kappa shape index (κ2) is 10.4. The van der Waals surface area contributed by atoms with Crippen LogP contribution in [0.1, 0.15) is 17.5 Å². The van der Waals surface area contributed by atoms with Gasteiger partial charge in [-0.1, -0.05) is 36.4 Å². The number of furan rings is 1. The first kappa shape index (κ1) is 24.5. The van der Waals surface area contributed by atoms with Gasteiger partial charge in [0.1, 0.15) is 17.9 Å². The molecule has 0 saturated carbocycles. The maximum atomic E-state index is 14.0. The van der Waals surface area contributed by atoms with Crippen molar-refractivity contribution in [3.63, 3.8) is 0 Å². The number of carbonyl (C=O) groups is 2. The Morgan fingerprint density at radius 2 is 1.89 bits per heavy atom. The fraction of sp³-hybridized carbons (Fsp3) is 0.214. The average Bonchev–Trinajstić information content (AvgIpc) is 3.54. The summed E-state index contributed by atoms with van der Waals surface area (Å²) in [4.78, 5) is 25.1. The minimum absolute atomic E-state index is 0.0886. The van der Waals surface area contributed by atoms with Crippen molar-refractivity contribution in [2.45, 2.75) is 25.6 Å². The highest BCUT2D eigenvalue weighted by Crippen LogP contribution is 2.33. The molecule has 1 unspecified atom stereocenters. The number of nitrogens with zero attached hydrogens (tertiary/aromatic N) is 1. The number of fused-ring (bicyclic) bond motifs is 1. The van der Waals surface area contributed by atoms with E-state index in [1.165, 1.54) is 12.3 Å². The van der Waals surface area contributed by atoms with E-state index in [4.69, 9.17) is 9.15 Å². The number of halogens is 2. The molecule has 1 atom stereocenters. The lowest BCUT2D eigenvalue weighted by molar-refractivity contribution is -0.139. The quantitative estimate of drug-likeness (QED) is 0.341. The number of amides is 1. The van der Waals surface area contributed by atoms with Crippen molar-refractivity contribution < 1.29 is 32.6 Å². The number of aliphatic carboxylic acids is 1. The summed E-state index contributed by atoms with van der Waals surface area (Å²) >= 11 is 0. The van der Waals surface area contributed by atoms with Crippen LogP contribution in [0.3, 0.4) is 0 Å². The first-order chi connectivity index (χ1) is 17.9. The molecule has 0 bridgehead atoms. The van der Waals surface area contributed by atoms with E-state index in [0.29, 0.717) is 36.4 Å². The molecule has 0 radical (unpaired) electrons. The number of carboxylic acid groups (broad SMARTS) is 1. The Hall–Kier alpha value is -4.24. The van der Waals surface area contributed by atoms with Gasteiger partial charge in [0.05, 0.1) is 24.2 Å². The highest BCUT2D eigenvalue weighted by Gasteiger charge is 2.31. The van der Waals surface area contributed by atoms with Gasteiger partial charge in [-0.15, -0.1) is 0 Å². The van der Waals surface area contributed by atoms with Crippen molar-refractivity contribution in [2.75, 3.05) is 13.1 Å². The minimum Gasteiger partial charge on any atom is -0.489 e. The first-order valence-corrected chi connectivity index (χ1v) is 11.8.